The first-order valence-corrected chi connectivity index (χ1v) is 11.0. The Balaban J connectivity index is 0.00000240. The van der Waals surface area contributed by atoms with Gasteiger partial charge in [0, 0.05) is 36.5 Å². The quantitative estimate of drug-likeness (QED) is 0.652. The number of likely N-dealkylation sites (tertiary alicyclic amines) is 1. The number of carbonyl (C=O) groups excluding carboxylic acids is 2. The molecule has 29 heavy (non-hydrogen) atoms. The predicted octanol–water partition coefficient (Wildman–Crippen LogP) is 1.41. The Bertz CT molecular complexity index is 748. The van der Waals surface area contributed by atoms with Crippen LogP contribution < -0.4 is 11.1 Å². The van der Waals surface area contributed by atoms with Crippen molar-refractivity contribution in [3.05, 3.63) is 21.4 Å². The number of nitrogens with two attached hydrogens (primary N) is 1. The maximum Gasteiger partial charge on any atom is 0.261 e. The number of aliphatic hydroxyl groups is 1. The summed E-state index contributed by atoms with van der Waals surface area (Å²) >= 11 is 1.53. The van der Waals surface area contributed by atoms with Crippen LogP contribution in [0.1, 0.15) is 52.2 Å². The lowest BCUT2D eigenvalue weighted by molar-refractivity contribution is -0.138. The molecule has 1 spiro atoms. The molecule has 1 saturated heterocycles. The van der Waals surface area contributed by atoms with Gasteiger partial charge in [0.15, 0.2) is 0 Å². The molecule has 4 rings (SSSR count). The molecule has 0 bridgehead atoms. The SMILES string of the molecule is Cl.NCC(=O)N1CCC2(CC1)OCCc1cc(C(=O)N[C@H]3CCC[C@H]3CO)sc12. The average Bonchev–Trinajstić information content (AvgIpc) is 3.35. The number of piperidine rings is 1. The average molecular weight is 444 g/mol. The summed E-state index contributed by atoms with van der Waals surface area (Å²) in [6.45, 7) is 2.08. The van der Waals surface area contributed by atoms with Gasteiger partial charge in [0.1, 0.15) is 5.60 Å². The molecule has 4 N–H and O–H groups in total. The highest BCUT2D eigenvalue weighted by Crippen LogP contribution is 2.45. The van der Waals surface area contributed by atoms with Crippen molar-refractivity contribution in [2.75, 3.05) is 32.8 Å². The number of ether oxygens (including phenoxy) is 1. The molecule has 3 heterocycles. The van der Waals surface area contributed by atoms with Crippen LogP contribution in [0, 0.1) is 5.92 Å². The van der Waals surface area contributed by atoms with E-state index in [1.54, 1.807) is 4.90 Å². The van der Waals surface area contributed by atoms with Crippen molar-refractivity contribution in [1.29, 1.82) is 0 Å². The summed E-state index contributed by atoms with van der Waals surface area (Å²) < 4.78 is 6.23. The zero-order valence-electron chi connectivity index (χ0n) is 16.5. The second-order valence-electron chi connectivity index (χ2n) is 8.10. The third kappa shape index (κ3) is 4.32. The Morgan fingerprint density at radius 3 is 2.79 bits per heavy atom. The van der Waals surface area contributed by atoms with Crippen LogP contribution in [-0.2, 0) is 21.6 Å². The number of rotatable bonds is 4. The van der Waals surface area contributed by atoms with E-state index in [9.17, 15) is 14.7 Å². The van der Waals surface area contributed by atoms with Gasteiger partial charge in [-0.3, -0.25) is 9.59 Å². The molecule has 7 nitrogen and oxygen atoms in total. The number of thiophene rings is 1. The summed E-state index contributed by atoms with van der Waals surface area (Å²) in [5, 5.41) is 12.6. The van der Waals surface area contributed by atoms with E-state index in [0.717, 1.165) is 48.3 Å². The van der Waals surface area contributed by atoms with E-state index >= 15 is 0 Å². The second kappa shape index (κ2) is 9.31. The lowest BCUT2D eigenvalue weighted by atomic mass is 9.85. The van der Waals surface area contributed by atoms with Crippen molar-refractivity contribution in [1.82, 2.24) is 10.2 Å². The first kappa shape index (κ1) is 22.5. The fourth-order valence-corrected chi connectivity index (χ4v) is 6.15. The molecule has 0 aromatic carbocycles. The Morgan fingerprint density at radius 1 is 1.34 bits per heavy atom. The van der Waals surface area contributed by atoms with E-state index in [4.69, 9.17) is 10.5 Å². The zero-order chi connectivity index (χ0) is 19.7. The van der Waals surface area contributed by atoms with Crippen LogP contribution in [0.15, 0.2) is 6.07 Å². The molecule has 2 amide bonds. The molecule has 1 aromatic rings. The van der Waals surface area contributed by atoms with Gasteiger partial charge in [0.05, 0.1) is 18.0 Å². The van der Waals surface area contributed by atoms with Crippen molar-refractivity contribution >= 4 is 35.6 Å². The van der Waals surface area contributed by atoms with Crippen LogP contribution in [0.4, 0.5) is 0 Å². The van der Waals surface area contributed by atoms with Crippen LogP contribution in [0.2, 0.25) is 0 Å². The molecule has 2 atom stereocenters. The van der Waals surface area contributed by atoms with Crippen LogP contribution in [0.5, 0.6) is 0 Å². The van der Waals surface area contributed by atoms with Gasteiger partial charge in [-0.2, -0.15) is 0 Å². The molecule has 2 aliphatic heterocycles. The number of nitrogens with one attached hydrogen (secondary N) is 1. The molecular weight excluding hydrogens is 414 g/mol. The van der Waals surface area contributed by atoms with E-state index < -0.39 is 0 Å². The fraction of sp³-hybridized carbons (Fsp3) is 0.700. The summed E-state index contributed by atoms with van der Waals surface area (Å²) in [7, 11) is 0. The smallest absolute Gasteiger partial charge is 0.261 e. The molecule has 1 saturated carbocycles. The molecule has 1 aliphatic carbocycles. The number of hydrogen-bond acceptors (Lipinski definition) is 6. The number of hydrogen-bond donors (Lipinski definition) is 3. The summed E-state index contributed by atoms with van der Waals surface area (Å²) in [6.07, 6.45) is 5.24. The van der Waals surface area contributed by atoms with Gasteiger partial charge in [0.2, 0.25) is 5.91 Å². The highest BCUT2D eigenvalue weighted by molar-refractivity contribution is 7.14. The van der Waals surface area contributed by atoms with Crippen LogP contribution in [0.3, 0.4) is 0 Å². The summed E-state index contributed by atoms with van der Waals surface area (Å²) in [6, 6.07) is 2.08. The molecular formula is C20H30ClN3O4S. The second-order valence-corrected chi connectivity index (χ2v) is 9.15. The van der Waals surface area contributed by atoms with Crippen LogP contribution >= 0.6 is 23.7 Å². The van der Waals surface area contributed by atoms with Gasteiger partial charge in [-0.15, -0.1) is 23.7 Å². The Kier molecular flexibility index (Phi) is 7.22. The van der Waals surface area contributed by atoms with E-state index in [1.165, 1.54) is 16.9 Å². The Hall–Kier alpha value is -1.19. The van der Waals surface area contributed by atoms with Crippen molar-refractivity contribution in [2.45, 2.75) is 50.2 Å². The molecule has 0 unspecified atom stereocenters. The first-order chi connectivity index (χ1) is 13.6. The lowest BCUT2D eigenvalue weighted by Crippen LogP contribution is -2.49. The summed E-state index contributed by atoms with van der Waals surface area (Å²) in [4.78, 5) is 28.4. The molecule has 3 aliphatic rings. The minimum Gasteiger partial charge on any atom is -0.396 e. The van der Waals surface area contributed by atoms with Gasteiger partial charge >= 0.3 is 0 Å². The maximum atomic E-state index is 12.8. The largest absolute Gasteiger partial charge is 0.396 e. The van der Waals surface area contributed by atoms with E-state index in [2.05, 4.69) is 5.32 Å². The van der Waals surface area contributed by atoms with Crippen LogP contribution in [-0.4, -0.2) is 60.7 Å². The van der Waals surface area contributed by atoms with Crippen molar-refractivity contribution < 1.29 is 19.4 Å². The van der Waals surface area contributed by atoms with E-state index in [1.807, 2.05) is 6.07 Å². The van der Waals surface area contributed by atoms with E-state index in [0.29, 0.717) is 19.7 Å². The molecule has 2 fully saturated rings. The predicted molar refractivity (Wildman–Crippen MR) is 113 cm³/mol. The standard InChI is InChI=1S/C20H29N3O4S.ClH/c21-11-17(25)23-7-5-20(6-8-23)18-13(4-9-27-20)10-16(28-18)19(26)22-15-3-1-2-14(15)12-24;/h10,14-15,24H,1-9,11-12,21H2,(H,22,26);1H/t14-,15-;/m0./s1. The summed E-state index contributed by atoms with van der Waals surface area (Å²) in [5.74, 6) is 0.0976. The van der Waals surface area contributed by atoms with Gasteiger partial charge in [-0.25, -0.2) is 0 Å². The fourth-order valence-electron chi connectivity index (χ4n) is 4.84. The van der Waals surface area contributed by atoms with Gasteiger partial charge in [-0.1, -0.05) is 6.42 Å². The number of amides is 2. The van der Waals surface area contributed by atoms with Crippen LogP contribution in [0.25, 0.3) is 0 Å². The molecule has 9 heteroatoms. The number of halogens is 1. The number of aliphatic hydroxyl groups excluding tert-OH is 1. The zero-order valence-corrected chi connectivity index (χ0v) is 18.2. The normalized spacial score (nSPS) is 25.4. The van der Waals surface area contributed by atoms with Crippen molar-refractivity contribution in [3.8, 4) is 0 Å². The van der Waals surface area contributed by atoms with Gasteiger partial charge in [-0.05, 0) is 43.7 Å². The minimum atomic E-state index is -0.386. The Labute approximate surface area is 181 Å². The molecule has 0 radical (unpaired) electrons. The Morgan fingerprint density at radius 2 is 2.10 bits per heavy atom. The van der Waals surface area contributed by atoms with Crippen molar-refractivity contribution in [2.24, 2.45) is 11.7 Å². The number of carbonyl (C=O) groups is 2. The monoisotopic (exact) mass is 443 g/mol. The maximum absolute atomic E-state index is 12.8. The minimum absolute atomic E-state index is 0. The van der Waals surface area contributed by atoms with Gasteiger partial charge < -0.3 is 25.8 Å². The van der Waals surface area contributed by atoms with Gasteiger partial charge in [0.25, 0.3) is 5.91 Å². The van der Waals surface area contributed by atoms with E-state index in [-0.39, 0.29) is 54.9 Å². The summed E-state index contributed by atoms with van der Waals surface area (Å²) in [5.41, 5.74) is 6.31. The third-order valence-electron chi connectivity index (χ3n) is 6.50. The number of fused-ring (bicyclic) bond motifs is 2. The van der Waals surface area contributed by atoms with Crippen molar-refractivity contribution in [3.63, 3.8) is 0 Å². The topological polar surface area (TPSA) is 105 Å². The highest BCUT2D eigenvalue weighted by atomic mass is 35.5. The molecule has 162 valence electrons. The molecule has 1 aromatic heterocycles. The third-order valence-corrected chi connectivity index (χ3v) is 7.87. The first-order valence-electron chi connectivity index (χ1n) is 10.2. The lowest BCUT2D eigenvalue weighted by Gasteiger charge is -2.43. The number of nitrogens with zero attached hydrogens (tertiary/aromatic N) is 1. The highest BCUT2D eigenvalue weighted by Gasteiger charge is 2.43.